The molecule has 0 saturated heterocycles. The van der Waals surface area contributed by atoms with Gasteiger partial charge in [0.25, 0.3) is 0 Å². The summed E-state index contributed by atoms with van der Waals surface area (Å²) in [5.74, 6) is 0.451. The number of rotatable bonds is 5. The molecule has 1 aromatic rings. The van der Waals surface area contributed by atoms with Gasteiger partial charge in [0, 0.05) is 6.04 Å². The molecule has 0 saturated carbocycles. The molecule has 20 heavy (non-hydrogen) atoms. The van der Waals surface area contributed by atoms with Crippen LogP contribution in [0.15, 0.2) is 12.1 Å². The molecule has 0 bridgehead atoms. The van der Waals surface area contributed by atoms with Gasteiger partial charge in [0.15, 0.2) is 0 Å². The summed E-state index contributed by atoms with van der Waals surface area (Å²) in [4.78, 5) is 3.53. The topological polar surface area (TPSA) is 48.7 Å². The van der Waals surface area contributed by atoms with Gasteiger partial charge in [0.1, 0.15) is 17.6 Å². The van der Waals surface area contributed by atoms with E-state index in [2.05, 4.69) is 24.1 Å². The van der Waals surface area contributed by atoms with E-state index in [1.165, 1.54) is 0 Å². The Balaban J connectivity index is 2.95. The number of halogens is 3. The van der Waals surface area contributed by atoms with Gasteiger partial charge in [-0.15, -0.1) is 0 Å². The summed E-state index contributed by atoms with van der Waals surface area (Å²) in [6.45, 7) is 6.00. The van der Waals surface area contributed by atoms with Crippen LogP contribution in [0.25, 0.3) is 0 Å². The summed E-state index contributed by atoms with van der Waals surface area (Å²) in [5.41, 5.74) is -0.872. The van der Waals surface area contributed by atoms with Crippen molar-refractivity contribution in [2.24, 2.45) is 5.92 Å². The number of nitrogens with one attached hydrogen (secondary N) is 1. The second-order valence-electron chi connectivity index (χ2n) is 5.00. The molecule has 2 unspecified atom stereocenters. The average Bonchev–Trinajstić information content (AvgIpc) is 2.37. The molecular formula is C14H18F3N3. The minimum Gasteiger partial charge on any atom is -0.366 e. The number of nitrogens with zero attached hydrogens (tertiary/aromatic N) is 2. The first-order valence-electron chi connectivity index (χ1n) is 6.52. The van der Waals surface area contributed by atoms with Gasteiger partial charge in [-0.25, -0.2) is 4.98 Å². The van der Waals surface area contributed by atoms with E-state index in [1.54, 1.807) is 0 Å². The Hall–Kier alpha value is -1.77. The van der Waals surface area contributed by atoms with E-state index in [0.717, 1.165) is 25.0 Å². The first-order chi connectivity index (χ1) is 9.27. The Kier molecular flexibility index (Phi) is 5.37. The van der Waals surface area contributed by atoms with E-state index >= 15 is 0 Å². The van der Waals surface area contributed by atoms with Crippen molar-refractivity contribution < 1.29 is 13.2 Å². The van der Waals surface area contributed by atoms with Crippen LogP contribution >= 0.6 is 0 Å². The van der Waals surface area contributed by atoms with Crippen LogP contribution in [0.3, 0.4) is 0 Å². The Morgan fingerprint density at radius 1 is 1.35 bits per heavy atom. The summed E-state index contributed by atoms with van der Waals surface area (Å²) < 4.78 is 37.9. The minimum atomic E-state index is -4.51. The molecule has 1 heterocycles. The smallest absolute Gasteiger partial charge is 0.366 e. The largest absolute Gasteiger partial charge is 0.433 e. The number of pyridine rings is 1. The Labute approximate surface area is 116 Å². The summed E-state index contributed by atoms with van der Waals surface area (Å²) in [6.07, 6.45) is -2.71. The van der Waals surface area contributed by atoms with Crippen molar-refractivity contribution in [1.82, 2.24) is 4.98 Å². The number of nitriles is 1. The molecule has 2 atom stereocenters. The predicted molar refractivity (Wildman–Crippen MR) is 71.1 cm³/mol. The molecular weight excluding hydrogens is 267 g/mol. The lowest BCUT2D eigenvalue weighted by molar-refractivity contribution is -0.141. The molecule has 0 amide bonds. The number of hydrogen-bond acceptors (Lipinski definition) is 3. The maximum Gasteiger partial charge on any atom is 0.433 e. The van der Waals surface area contributed by atoms with Gasteiger partial charge in [-0.05, 0) is 31.4 Å². The van der Waals surface area contributed by atoms with E-state index in [4.69, 9.17) is 5.26 Å². The monoisotopic (exact) mass is 285 g/mol. The summed E-state index contributed by atoms with van der Waals surface area (Å²) in [6, 6.07) is 3.78. The van der Waals surface area contributed by atoms with Gasteiger partial charge in [-0.3, -0.25) is 0 Å². The lowest BCUT2D eigenvalue weighted by Gasteiger charge is -2.19. The minimum absolute atomic E-state index is 0.00173. The molecule has 1 aromatic heterocycles. The SMILES string of the molecule is CCC(C)CC(C)Nc1nc(C(F)(F)F)ccc1C#N. The van der Waals surface area contributed by atoms with Gasteiger partial charge in [0.2, 0.25) is 0 Å². The number of anilines is 1. The predicted octanol–water partition coefficient (Wildman–Crippen LogP) is 4.21. The van der Waals surface area contributed by atoms with Crippen LogP contribution in [0.4, 0.5) is 19.0 Å². The van der Waals surface area contributed by atoms with E-state index < -0.39 is 11.9 Å². The third-order valence-electron chi connectivity index (χ3n) is 3.14. The second kappa shape index (κ2) is 6.60. The van der Waals surface area contributed by atoms with Gasteiger partial charge >= 0.3 is 6.18 Å². The zero-order valence-corrected chi connectivity index (χ0v) is 11.8. The zero-order chi connectivity index (χ0) is 15.3. The van der Waals surface area contributed by atoms with Crippen LogP contribution < -0.4 is 5.32 Å². The van der Waals surface area contributed by atoms with Crippen LogP contribution in [-0.4, -0.2) is 11.0 Å². The van der Waals surface area contributed by atoms with Gasteiger partial charge in [-0.1, -0.05) is 20.3 Å². The van der Waals surface area contributed by atoms with Crippen molar-refractivity contribution in [1.29, 1.82) is 5.26 Å². The maximum absolute atomic E-state index is 12.6. The first-order valence-corrected chi connectivity index (χ1v) is 6.52. The molecule has 1 rings (SSSR count). The Morgan fingerprint density at radius 2 is 2.00 bits per heavy atom. The molecule has 0 spiro atoms. The van der Waals surface area contributed by atoms with E-state index in [0.29, 0.717) is 5.92 Å². The average molecular weight is 285 g/mol. The lowest BCUT2D eigenvalue weighted by atomic mass is 10.0. The fraction of sp³-hybridized carbons (Fsp3) is 0.571. The van der Waals surface area contributed by atoms with Gasteiger partial charge in [0.05, 0.1) is 5.56 Å². The summed E-state index contributed by atoms with van der Waals surface area (Å²) >= 11 is 0. The standard InChI is InChI=1S/C14H18F3N3/c1-4-9(2)7-10(3)19-13-11(8-18)5-6-12(20-13)14(15,16)17/h5-6,9-10H,4,7H2,1-3H3,(H,19,20). The highest BCUT2D eigenvalue weighted by molar-refractivity contribution is 5.53. The molecule has 0 fully saturated rings. The van der Waals surface area contributed by atoms with Crippen molar-refractivity contribution in [3.8, 4) is 6.07 Å². The van der Waals surface area contributed by atoms with Gasteiger partial charge in [-0.2, -0.15) is 18.4 Å². The van der Waals surface area contributed by atoms with Crippen molar-refractivity contribution in [3.63, 3.8) is 0 Å². The number of aromatic nitrogens is 1. The van der Waals surface area contributed by atoms with Crippen molar-refractivity contribution in [2.45, 2.75) is 45.8 Å². The lowest BCUT2D eigenvalue weighted by Crippen LogP contribution is -2.21. The second-order valence-corrected chi connectivity index (χ2v) is 5.00. The molecule has 0 aliphatic heterocycles. The highest BCUT2D eigenvalue weighted by atomic mass is 19.4. The molecule has 0 aliphatic rings. The first kappa shape index (κ1) is 16.3. The van der Waals surface area contributed by atoms with Gasteiger partial charge < -0.3 is 5.32 Å². The Morgan fingerprint density at radius 3 is 2.50 bits per heavy atom. The highest BCUT2D eigenvalue weighted by Gasteiger charge is 2.33. The quantitative estimate of drug-likeness (QED) is 0.881. The van der Waals surface area contributed by atoms with Crippen LogP contribution in [0.1, 0.15) is 44.9 Å². The van der Waals surface area contributed by atoms with Crippen LogP contribution in [0, 0.1) is 17.2 Å². The molecule has 110 valence electrons. The maximum atomic E-state index is 12.6. The molecule has 0 radical (unpaired) electrons. The normalized spacial score (nSPS) is 14.4. The highest BCUT2D eigenvalue weighted by Crippen LogP contribution is 2.29. The fourth-order valence-corrected chi connectivity index (χ4v) is 1.88. The molecule has 6 heteroatoms. The van der Waals surface area contributed by atoms with Crippen LogP contribution in [0.2, 0.25) is 0 Å². The van der Waals surface area contributed by atoms with Crippen molar-refractivity contribution in [3.05, 3.63) is 23.4 Å². The molecule has 0 aliphatic carbocycles. The van der Waals surface area contributed by atoms with E-state index in [9.17, 15) is 13.2 Å². The fourth-order valence-electron chi connectivity index (χ4n) is 1.88. The molecule has 1 N–H and O–H groups in total. The number of hydrogen-bond donors (Lipinski definition) is 1. The summed E-state index contributed by atoms with van der Waals surface area (Å²) in [7, 11) is 0. The third-order valence-corrected chi connectivity index (χ3v) is 3.14. The van der Waals surface area contributed by atoms with E-state index in [1.807, 2.05) is 13.0 Å². The zero-order valence-electron chi connectivity index (χ0n) is 11.8. The van der Waals surface area contributed by atoms with Crippen LogP contribution in [-0.2, 0) is 6.18 Å². The van der Waals surface area contributed by atoms with Crippen molar-refractivity contribution >= 4 is 5.82 Å². The van der Waals surface area contributed by atoms with Crippen molar-refractivity contribution in [2.75, 3.05) is 5.32 Å². The van der Waals surface area contributed by atoms with Crippen LogP contribution in [0.5, 0.6) is 0 Å². The Bertz CT molecular complexity index is 491. The van der Waals surface area contributed by atoms with E-state index in [-0.39, 0.29) is 17.4 Å². The third kappa shape index (κ3) is 4.41. The number of alkyl halides is 3. The molecule has 3 nitrogen and oxygen atoms in total. The summed E-state index contributed by atoms with van der Waals surface area (Å²) in [5, 5.41) is 11.8. The molecule has 0 aromatic carbocycles.